The van der Waals surface area contributed by atoms with E-state index in [0.717, 1.165) is 19.4 Å². The number of fused-ring (bicyclic) bond motifs is 1. The molecule has 112 valence electrons. The average molecular weight is 288 g/mol. The summed E-state index contributed by atoms with van der Waals surface area (Å²) >= 11 is 0. The number of nitrogens with zero attached hydrogens (tertiary/aromatic N) is 1. The van der Waals surface area contributed by atoms with Crippen LogP contribution in [0.3, 0.4) is 0 Å². The number of piperidine rings is 1. The molecule has 0 spiro atoms. The number of benzene rings is 1. The van der Waals surface area contributed by atoms with Gasteiger partial charge in [0.1, 0.15) is 5.75 Å². The molecule has 1 aromatic rings. The van der Waals surface area contributed by atoms with Gasteiger partial charge in [-0.3, -0.25) is 14.5 Å². The molecule has 2 aliphatic rings. The number of hydrogen-bond acceptors (Lipinski definition) is 4. The van der Waals surface area contributed by atoms with Gasteiger partial charge in [-0.05, 0) is 31.5 Å². The second-order valence-electron chi connectivity index (χ2n) is 5.69. The first-order valence-electron chi connectivity index (χ1n) is 7.38. The standard InChI is InChI=1S/C16H20N2O3/c1-21-12-5-2-4-11(8-12)15(19)10-18-7-3-6-13-14(18)9-17-16(13)20/h2,4-5,8,13-14H,3,6-7,9-10H2,1H3,(H,17,20). The maximum atomic E-state index is 12.4. The minimum absolute atomic E-state index is 0.0526. The molecule has 2 saturated heterocycles. The van der Waals surface area contributed by atoms with Crippen LogP contribution >= 0.6 is 0 Å². The number of ether oxygens (including phenoxy) is 1. The van der Waals surface area contributed by atoms with Crippen molar-refractivity contribution in [3.63, 3.8) is 0 Å². The molecule has 5 heteroatoms. The maximum absolute atomic E-state index is 12.4. The van der Waals surface area contributed by atoms with Crippen molar-refractivity contribution >= 4 is 11.7 Å². The Bertz CT molecular complexity index is 558. The number of likely N-dealkylation sites (tertiary alicyclic amines) is 1. The Morgan fingerprint density at radius 2 is 2.33 bits per heavy atom. The van der Waals surface area contributed by atoms with E-state index in [9.17, 15) is 9.59 Å². The first kappa shape index (κ1) is 14.1. The third kappa shape index (κ3) is 2.78. The zero-order chi connectivity index (χ0) is 14.8. The van der Waals surface area contributed by atoms with E-state index in [4.69, 9.17) is 4.74 Å². The minimum Gasteiger partial charge on any atom is -0.497 e. The second-order valence-corrected chi connectivity index (χ2v) is 5.69. The fourth-order valence-corrected chi connectivity index (χ4v) is 3.31. The van der Waals surface area contributed by atoms with Crippen LogP contribution in [0.1, 0.15) is 23.2 Å². The van der Waals surface area contributed by atoms with E-state index in [-0.39, 0.29) is 23.7 Å². The lowest BCUT2D eigenvalue weighted by atomic mass is 9.91. The number of carbonyl (C=O) groups excluding carboxylic acids is 2. The number of ketones is 1. The molecule has 1 amide bonds. The van der Waals surface area contributed by atoms with Crippen LogP contribution in [0.25, 0.3) is 0 Å². The minimum atomic E-state index is 0.0526. The van der Waals surface area contributed by atoms with E-state index in [0.29, 0.717) is 24.4 Å². The van der Waals surface area contributed by atoms with Gasteiger partial charge in [0.15, 0.2) is 5.78 Å². The van der Waals surface area contributed by atoms with Gasteiger partial charge in [0.25, 0.3) is 0 Å². The molecular formula is C16H20N2O3. The van der Waals surface area contributed by atoms with Gasteiger partial charge in [-0.2, -0.15) is 0 Å². The predicted molar refractivity (Wildman–Crippen MR) is 78.4 cm³/mol. The SMILES string of the molecule is COc1cccc(C(=O)CN2CCCC3C(=O)NCC32)c1. The number of amides is 1. The Kier molecular flexibility index (Phi) is 3.92. The number of Topliss-reactive ketones (excluding diaryl/α,β-unsaturated/α-hetero) is 1. The lowest BCUT2D eigenvalue weighted by Gasteiger charge is -2.35. The molecule has 0 bridgehead atoms. The highest BCUT2D eigenvalue weighted by Gasteiger charge is 2.41. The molecule has 5 nitrogen and oxygen atoms in total. The van der Waals surface area contributed by atoms with Gasteiger partial charge in [-0.1, -0.05) is 12.1 Å². The third-order valence-corrected chi connectivity index (χ3v) is 4.45. The van der Waals surface area contributed by atoms with E-state index >= 15 is 0 Å². The fourth-order valence-electron chi connectivity index (χ4n) is 3.31. The first-order valence-corrected chi connectivity index (χ1v) is 7.38. The molecule has 1 N–H and O–H groups in total. The van der Waals surface area contributed by atoms with Crippen molar-refractivity contribution in [1.29, 1.82) is 0 Å². The normalized spacial score (nSPS) is 25.3. The van der Waals surface area contributed by atoms with Crippen molar-refractivity contribution in [3.05, 3.63) is 29.8 Å². The van der Waals surface area contributed by atoms with Crippen molar-refractivity contribution in [3.8, 4) is 5.75 Å². The number of methoxy groups -OCH3 is 1. The molecule has 3 rings (SSSR count). The summed E-state index contributed by atoms with van der Waals surface area (Å²) in [4.78, 5) is 26.3. The molecule has 0 aromatic heterocycles. The zero-order valence-corrected chi connectivity index (χ0v) is 12.2. The molecule has 21 heavy (non-hydrogen) atoms. The van der Waals surface area contributed by atoms with Gasteiger partial charge in [-0.15, -0.1) is 0 Å². The van der Waals surface area contributed by atoms with Crippen LogP contribution in [-0.4, -0.2) is 49.4 Å². The van der Waals surface area contributed by atoms with Crippen molar-refractivity contribution < 1.29 is 14.3 Å². The monoisotopic (exact) mass is 288 g/mol. The Morgan fingerprint density at radius 3 is 3.14 bits per heavy atom. The molecule has 0 radical (unpaired) electrons. The summed E-state index contributed by atoms with van der Waals surface area (Å²) in [5, 5.41) is 2.91. The molecule has 2 heterocycles. The van der Waals surface area contributed by atoms with Gasteiger partial charge in [0.05, 0.1) is 19.6 Å². The first-order chi connectivity index (χ1) is 10.2. The van der Waals surface area contributed by atoms with Crippen molar-refractivity contribution in [2.24, 2.45) is 5.92 Å². The molecule has 0 aliphatic carbocycles. The quantitative estimate of drug-likeness (QED) is 0.843. The number of nitrogens with one attached hydrogen (secondary N) is 1. The Balaban J connectivity index is 1.70. The summed E-state index contributed by atoms with van der Waals surface area (Å²) in [5.41, 5.74) is 0.661. The highest BCUT2D eigenvalue weighted by molar-refractivity contribution is 5.98. The summed E-state index contributed by atoms with van der Waals surface area (Å²) in [7, 11) is 1.59. The Labute approximate surface area is 124 Å². The highest BCUT2D eigenvalue weighted by Crippen LogP contribution is 2.27. The summed E-state index contributed by atoms with van der Waals surface area (Å²) in [6.07, 6.45) is 1.90. The topological polar surface area (TPSA) is 58.6 Å². The molecule has 0 saturated carbocycles. The summed E-state index contributed by atoms with van der Waals surface area (Å²) < 4.78 is 5.16. The van der Waals surface area contributed by atoms with Crippen molar-refractivity contribution in [1.82, 2.24) is 10.2 Å². The Hall–Kier alpha value is -1.88. The second kappa shape index (κ2) is 5.85. The highest BCUT2D eigenvalue weighted by atomic mass is 16.5. The van der Waals surface area contributed by atoms with Crippen LogP contribution in [0.15, 0.2) is 24.3 Å². The fraction of sp³-hybridized carbons (Fsp3) is 0.500. The predicted octanol–water partition coefficient (Wildman–Crippen LogP) is 1.09. The van der Waals surface area contributed by atoms with E-state index in [2.05, 4.69) is 10.2 Å². The van der Waals surface area contributed by atoms with Crippen molar-refractivity contribution in [2.45, 2.75) is 18.9 Å². The smallest absolute Gasteiger partial charge is 0.224 e. The average Bonchev–Trinajstić information content (AvgIpc) is 2.90. The van der Waals surface area contributed by atoms with Crippen LogP contribution in [0.4, 0.5) is 0 Å². The molecule has 1 aromatic carbocycles. The van der Waals surface area contributed by atoms with E-state index in [1.54, 1.807) is 13.2 Å². The van der Waals surface area contributed by atoms with Gasteiger partial charge >= 0.3 is 0 Å². The summed E-state index contributed by atoms with van der Waals surface area (Å²) in [6, 6.07) is 7.39. The van der Waals surface area contributed by atoms with Crippen LogP contribution in [0, 0.1) is 5.92 Å². The van der Waals surface area contributed by atoms with Gasteiger partial charge in [-0.25, -0.2) is 0 Å². The third-order valence-electron chi connectivity index (χ3n) is 4.45. The number of rotatable bonds is 4. The molecule has 2 unspecified atom stereocenters. The molecule has 2 atom stereocenters. The van der Waals surface area contributed by atoms with Gasteiger partial charge in [0.2, 0.25) is 5.91 Å². The zero-order valence-electron chi connectivity index (χ0n) is 12.2. The van der Waals surface area contributed by atoms with Crippen LogP contribution in [-0.2, 0) is 4.79 Å². The van der Waals surface area contributed by atoms with Crippen molar-refractivity contribution in [2.75, 3.05) is 26.7 Å². The van der Waals surface area contributed by atoms with Gasteiger partial charge in [0, 0.05) is 18.2 Å². The lowest BCUT2D eigenvalue weighted by Crippen LogP contribution is -2.47. The summed E-state index contributed by atoms with van der Waals surface area (Å²) in [5.74, 6) is 0.958. The van der Waals surface area contributed by atoms with Crippen LogP contribution in [0.2, 0.25) is 0 Å². The number of hydrogen-bond donors (Lipinski definition) is 1. The Morgan fingerprint density at radius 1 is 1.48 bits per heavy atom. The van der Waals surface area contributed by atoms with E-state index < -0.39 is 0 Å². The largest absolute Gasteiger partial charge is 0.497 e. The molecular weight excluding hydrogens is 268 g/mol. The van der Waals surface area contributed by atoms with Crippen LogP contribution in [0.5, 0.6) is 5.75 Å². The number of carbonyl (C=O) groups is 2. The molecule has 2 fully saturated rings. The van der Waals surface area contributed by atoms with E-state index in [1.807, 2.05) is 18.2 Å². The molecule has 2 aliphatic heterocycles. The van der Waals surface area contributed by atoms with Crippen LogP contribution < -0.4 is 10.1 Å². The van der Waals surface area contributed by atoms with E-state index in [1.165, 1.54) is 0 Å². The lowest BCUT2D eigenvalue weighted by molar-refractivity contribution is -0.124. The summed E-state index contributed by atoms with van der Waals surface area (Å²) in [6.45, 7) is 1.91. The van der Waals surface area contributed by atoms with Gasteiger partial charge < -0.3 is 10.1 Å². The maximum Gasteiger partial charge on any atom is 0.224 e.